The summed E-state index contributed by atoms with van der Waals surface area (Å²) in [6.07, 6.45) is 3.34. The lowest BCUT2D eigenvalue weighted by atomic mass is 9.70. The maximum absolute atomic E-state index is 12.3. The highest BCUT2D eigenvalue weighted by molar-refractivity contribution is 5.85. The molecule has 0 aromatic rings. The first-order chi connectivity index (χ1) is 9.45. The van der Waals surface area contributed by atoms with E-state index in [2.05, 4.69) is 31.4 Å². The Morgan fingerprint density at radius 1 is 1.19 bits per heavy atom. The molecule has 4 N–H and O–H groups in total. The van der Waals surface area contributed by atoms with Gasteiger partial charge in [-0.25, -0.2) is 0 Å². The summed E-state index contributed by atoms with van der Waals surface area (Å²) in [5.74, 6) is 1.70. The van der Waals surface area contributed by atoms with E-state index in [9.17, 15) is 9.59 Å². The lowest BCUT2D eigenvalue weighted by molar-refractivity contribution is -0.129. The summed E-state index contributed by atoms with van der Waals surface area (Å²) in [6, 6.07) is 0. The van der Waals surface area contributed by atoms with Gasteiger partial charge in [0.05, 0.1) is 6.54 Å². The molecule has 0 unspecified atom stereocenters. The minimum absolute atomic E-state index is 0. The van der Waals surface area contributed by atoms with Gasteiger partial charge in [0.2, 0.25) is 11.8 Å². The number of halogens is 1. The Balaban J connectivity index is 0.00000400. The largest absolute Gasteiger partial charge is 0.354 e. The highest BCUT2D eigenvalue weighted by Crippen LogP contribution is 2.37. The van der Waals surface area contributed by atoms with Crippen molar-refractivity contribution in [2.75, 3.05) is 19.6 Å². The molecule has 1 fully saturated rings. The van der Waals surface area contributed by atoms with E-state index in [1.807, 2.05) is 0 Å². The van der Waals surface area contributed by atoms with Gasteiger partial charge in [-0.1, -0.05) is 27.2 Å². The zero-order valence-corrected chi connectivity index (χ0v) is 14.2. The molecule has 0 aromatic carbocycles. The van der Waals surface area contributed by atoms with Crippen LogP contribution >= 0.6 is 12.4 Å². The lowest BCUT2D eigenvalue weighted by Gasteiger charge is -2.36. The second-order valence-corrected chi connectivity index (χ2v) is 6.28. The molecular formula is C15H30ClN3O2. The van der Waals surface area contributed by atoms with Crippen LogP contribution in [0.15, 0.2) is 0 Å². The predicted molar refractivity (Wildman–Crippen MR) is 87.2 cm³/mol. The summed E-state index contributed by atoms with van der Waals surface area (Å²) < 4.78 is 0. The fourth-order valence-corrected chi connectivity index (χ4v) is 3.09. The van der Waals surface area contributed by atoms with Crippen molar-refractivity contribution in [3.8, 4) is 0 Å². The molecule has 0 aromatic heterocycles. The van der Waals surface area contributed by atoms with Gasteiger partial charge in [-0.05, 0) is 30.6 Å². The molecule has 0 bridgehead atoms. The summed E-state index contributed by atoms with van der Waals surface area (Å²) in [7, 11) is 0. The molecule has 6 heteroatoms. The van der Waals surface area contributed by atoms with Gasteiger partial charge in [0.15, 0.2) is 0 Å². The Morgan fingerprint density at radius 2 is 1.81 bits per heavy atom. The molecule has 5 nitrogen and oxygen atoms in total. The quantitative estimate of drug-likeness (QED) is 0.645. The van der Waals surface area contributed by atoms with E-state index in [0.29, 0.717) is 30.8 Å². The maximum atomic E-state index is 12.3. The Labute approximate surface area is 134 Å². The number of carbonyl (C=O) groups is 2. The van der Waals surface area contributed by atoms with Gasteiger partial charge >= 0.3 is 0 Å². The zero-order valence-electron chi connectivity index (χ0n) is 13.4. The van der Waals surface area contributed by atoms with Crippen LogP contribution in [0.4, 0.5) is 0 Å². The molecule has 3 atom stereocenters. The van der Waals surface area contributed by atoms with E-state index in [1.165, 1.54) is 6.42 Å². The highest BCUT2D eigenvalue weighted by Gasteiger charge is 2.35. The average molecular weight is 320 g/mol. The van der Waals surface area contributed by atoms with Crippen LogP contribution in [0.3, 0.4) is 0 Å². The first-order valence-corrected chi connectivity index (χ1v) is 7.70. The summed E-state index contributed by atoms with van der Waals surface area (Å²) in [5.41, 5.74) is 5.20. The SMILES string of the molecule is CC(C)[C@@H]1CC[C@@H](C)C[C@H]1C(=O)NCCNC(=O)CN.Cl. The number of amides is 2. The van der Waals surface area contributed by atoms with E-state index in [-0.39, 0.29) is 36.7 Å². The smallest absolute Gasteiger partial charge is 0.233 e. The van der Waals surface area contributed by atoms with E-state index in [4.69, 9.17) is 5.73 Å². The van der Waals surface area contributed by atoms with Crippen molar-refractivity contribution >= 4 is 24.2 Å². The van der Waals surface area contributed by atoms with Crippen molar-refractivity contribution < 1.29 is 9.59 Å². The standard InChI is InChI=1S/C15H29N3O2.ClH/c1-10(2)12-5-4-11(3)8-13(12)15(20)18-7-6-17-14(19)9-16;/h10-13H,4-9,16H2,1-3H3,(H,17,19)(H,18,20);1H/t11-,12+,13-;/m1./s1. The molecule has 1 saturated carbocycles. The molecule has 1 rings (SSSR count). The monoisotopic (exact) mass is 319 g/mol. The average Bonchev–Trinajstić information content (AvgIpc) is 2.42. The number of nitrogens with one attached hydrogen (secondary N) is 2. The van der Waals surface area contributed by atoms with Crippen LogP contribution in [0, 0.1) is 23.7 Å². The van der Waals surface area contributed by atoms with Crippen LogP contribution in [-0.4, -0.2) is 31.4 Å². The zero-order chi connectivity index (χ0) is 15.1. The third-order valence-electron chi connectivity index (χ3n) is 4.29. The number of rotatable bonds is 6. The highest BCUT2D eigenvalue weighted by atomic mass is 35.5. The maximum Gasteiger partial charge on any atom is 0.233 e. The fraction of sp³-hybridized carbons (Fsp3) is 0.867. The lowest BCUT2D eigenvalue weighted by Crippen LogP contribution is -2.43. The third-order valence-corrected chi connectivity index (χ3v) is 4.29. The normalized spacial score (nSPS) is 25.1. The molecule has 0 spiro atoms. The number of carbonyl (C=O) groups excluding carboxylic acids is 2. The van der Waals surface area contributed by atoms with E-state index >= 15 is 0 Å². The van der Waals surface area contributed by atoms with Gasteiger partial charge in [-0.3, -0.25) is 9.59 Å². The molecule has 2 amide bonds. The summed E-state index contributed by atoms with van der Waals surface area (Å²) >= 11 is 0. The first-order valence-electron chi connectivity index (χ1n) is 7.70. The van der Waals surface area contributed by atoms with Crippen molar-refractivity contribution in [1.82, 2.24) is 10.6 Å². The topological polar surface area (TPSA) is 84.2 Å². The summed E-state index contributed by atoms with van der Waals surface area (Å²) in [5, 5.41) is 5.60. The van der Waals surface area contributed by atoms with Crippen molar-refractivity contribution in [3.05, 3.63) is 0 Å². The Kier molecular flexibility index (Phi) is 9.62. The van der Waals surface area contributed by atoms with E-state index in [1.54, 1.807) is 0 Å². The van der Waals surface area contributed by atoms with Crippen molar-refractivity contribution in [2.24, 2.45) is 29.4 Å². The fourth-order valence-electron chi connectivity index (χ4n) is 3.09. The van der Waals surface area contributed by atoms with E-state index < -0.39 is 0 Å². The van der Waals surface area contributed by atoms with Crippen molar-refractivity contribution in [1.29, 1.82) is 0 Å². The second kappa shape index (κ2) is 10.0. The van der Waals surface area contributed by atoms with Crippen molar-refractivity contribution in [3.63, 3.8) is 0 Å². The molecular weight excluding hydrogens is 290 g/mol. The van der Waals surface area contributed by atoms with Crippen LogP contribution in [-0.2, 0) is 9.59 Å². The molecule has 0 radical (unpaired) electrons. The number of hydrogen-bond donors (Lipinski definition) is 3. The van der Waals surface area contributed by atoms with Crippen LogP contribution < -0.4 is 16.4 Å². The second-order valence-electron chi connectivity index (χ2n) is 6.28. The Hall–Kier alpha value is -0.810. The van der Waals surface area contributed by atoms with Gasteiger partial charge in [0.25, 0.3) is 0 Å². The molecule has 0 heterocycles. The molecule has 21 heavy (non-hydrogen) atoms. The summed E-state index contributed by atoms with van der Waals surface area (Å²) in [6.45, 7) is 7.52. The predicted octanol–water partition coefficient (Wildman–Crippen LogP) is 1.31. The molecule has 1 aliphatic rings. The molecule has 0 aliphatic heterocycles. The van der Waals surface area contributed by atoms with Crippen molar-refractivity contribution in [2.45, 2.75) is 40.0 Å². The van der Waals surface area contributed by atoms with E-state index in [0.717, 1.165) is 12.8 Å². The molecule has 1 aliphatic carbocycles. The summed E-state index contributed by atoms with van der Waals surface area (Å²) in [4.78, 5) is 23.3. The van der Waals surface area contributed by atoms with Gasteiger partial charge in [-0.2, -0.15) is 0 Å². The van der Waals surface area contributed by atoms with Crippen LogP contribution in [0.2, 0.25) is 0 Å². The van der Waals surface area contributed by atoms with Gasteiger partial charge < -0.3 is 16.4 Å². The Bertz CT molecular complexity index is 337. The minimum Gasteiger partial charge on any atom is -0.354 e. The van der Waals surface area contributed by atoms with Gasteiger partial charge in [-0.15, -0.1) is 12.4 Å². The van der Waals surface area contributed by atoms with Gasteiger partial charge in [0, 0.05) is 19.0 Å². The van der Waals surface area contributed by atoms with Gasteiger partial charge in [0.1, 0.15) is 0 Å². The Morgan fingerprint density at radius 3 is 2.38 bits per heavy atom. The van der Waals surface area contributed by atoms with Crippen LogP contribution in [0.5, 0.6) is 0 Å². The number of nitrogens with two attached hydrogens (primary N) is 1. The molecule has 124 valence electrons. The third kappa shape index (κ3) is 6.66. The first kappa shape index (κ1) is 20.2. The van der Waals surface area contributed by atoms with Crippen LogP contribution in [0.1, 0.15) is 40.0 Å². The number of hydrogen-bond acceptors (Lipinski definition) is 3. The molecule has 0 saturated heterocycles. The minimum atomic E-state index is -0.189. The van der Waals surface area contributed by atoms with Crippen LogP contribution in [0.25, 0.3) is 0 Å².